The van der Waals surface area contributed by atoms with Gasteiger partial charge >= 0.3 is 0 Å². The Morgan fingerprint density at radius 3 is 2.91 bits per heavy atom. The van der Waals surface area contributed by atoms with Crippen molar-refractivity contribution < 1.29 is 5.11 Å². The molecule has 1 aliphatic heterocycles. The predicted molar refractivity (Wildman–Crippen MR) is 87.1 cm³/mol. The molecule has 1 aromatic heterocycles. The molecule has 0 unspecified atom stereocenters. The highest BCUT2D eigenvalue weighted by atomic mass is 16.3. The van der Waals surface area contributed by atoms with Crippen LogP contribution < -0.4 is 4.90 Å². The van der Waals surface area contributed by atoms with E-state index in [0.29, 0.717) is 5.75 Å². The Labute approximate surface area is 129 Å². The third kappa shape index (κ3) is 2.08. The van der Waals surface area contributed by atoms with Crippen LogP contribution in [-0.4, -0.2) is 21.6 Å². The van der Waals surface area contributed by atoms with Crippen LogP contribution in [0.2, 0.25) is 0 Å². The van der Waals surface area contributed by atoms with Crippen molar-refractivity contribution in [1.82, 2.24) is 9.97 Å². The summed E-state index contributed by atoms with van der Waals surface area (Å²) < 4.78 is 0. The summed E-state index contributed by atoms with van der Waals surface area (Å²) in [7, 11) is 0. The first-order valence-corrected chi connectivity index (χ1v) is 7.48. The number of hydrogen-bond donors (Lipinski definition) is 1. The van der Waals surface area contributed by atoms with Crippen LogP contribution in [0, 0.1) is 6.92 Å². The van der Waals surface area contributed by atoms with Gasteiger partial charge < -0.3 is 10.0 Å². The fourth-order valence-electron chi connectivity index (χ4n) is 3.26. The molecule has 0 radical (unpaired) electrons. The first-order chi connectivity index (χ1) is 10.7. The number of aromatic hydroxyl groups is 1. The number of aryl methyl sites for hydroxylation is 1. The summed E-state index contributed by atoms with van der Waals surface area (Å²) in [6.07, 6.45) is 2.57. The number of hydrogen-bond acceptors (Lipinski definition) is 4. The molecule has 4 rings (SSSR count). The Hall–Kier alpha value is -2.62. The van der Waals surface area contributed by atoms with Gasteiger partial charge in [-0.05, 0) is 30.4 Å². The lowest BCUT2D eigenvalue weighted by Crippen LogP contribution is -2.31. The molecule has 0 atom stereocenters. The minimum atomic E-state index is 0.304. The fraction of sp³-hybridized carbons (Fsp3) is 0.222. The van der Waals surface area contributed by atoms with Crippen molar-refractivity contribution in [2.24, 2.45) is 0 Å². The molecule has 3 aromatic rings. The highest BCUT2D eigenvalue weighted by Crippen LogP contribution is 2.34. The maximum Gasteiger partial charge on any atom is 0.118 e. The quantitative estimate of drug-likeness (QED) is 0.748. The van der Waals surface area contributed by atoms with E-state index in [1.54, 1.807) is 6.33 Å². The second kappa shape index (κ2) is 4.98. The summed E-state index contributed by atoms with van der Waals surface area (Å²) in [5, 5.41) is 12.2. The molecule has 4 nitrogen and oxygen atoms in total. The molecule has 22 heavy (non-hydrogen) atoms. The zero-order valence-electron chi connectivity index (χ0n) is 12.5. The normalized spacial score (nSPS) is 14.1. The predicted octanol–water partition coefficient (Wildman–Crippen LogP) is 3.21. The molecule has 0 fully saturated rings. The summed E-state index contributed by atoms with van der Waals surface area (Å²) in [6.45, 7) is 3.71. The molecule has 0 saturated carbocycles. The van der Waals surface area contributed by atoms with Crippen molar-refractivity contribution in [3.63, 3.8) is 0 Å². The molecule has 0 bridgehead atoms. The van der Waals surface area contributed by atoms with Crippen molar-refractivity contribution >= 4 is 16.5 Å². The van der Waals surface area contributed by atoms with Gasteiger partial charge in [-0.15, -0.1) is 0 Å². The molecule has 2 heterocycles. The Kier molecular flexibility index (Phi) is 2.96. The number of nitrogens with zero attached hydrogens (tertiary/aromatic N) is 3. The van der Waals surface area contributed by atoms with Crippen LogP contribution in [-0.2, 0) is 13.0 Å². The van der Waals surface area contributed by atoms with Crippen LogP contribution in [0.3, 0.4) is 0 Å². The van der Waals surface area contributed by atoms with Crippen molar-refractivity contribution in [1.29, 1.82) is 0 Å². The van der Waals surface area contributed by atoms with Gasteiger partial charge in [0.25, 0.3) is 0 Å². The molecule has 0 aliphatic carbocycles. The first kappa shape index (κ1) is 13.1. The molecule has 4 heteroatoms. The summed E-state index contributed by atoms with van der Waals surface area (Å²) in [5.41, 5.74) is 4.50. The highest BCUT2D eigenvalue weighted by molar-refractivity contribution is 5.95. The van der Waals surface area contributed by atoms with Crippen molar-refractivity contribution in [2.45, 2.75) is 19.9 Å². The van der Waals surface area contributed by atoms with Gasteiger partial charge in [0.2, 0.25) is 0 Å². The molecule has 1 N–H and O–H groups in total. The highest BCUT2D eigenvalue weighted by Gasteiger charge is 2.21. The lowest BCUT2D eigenvalue weighted by atomic mass is 10.0. The van der Waals surface area contributed by atoms with Gasteiger partial charge in [0.05, 0.1) is 12.2 Å². The largest absolute Gasteiger partial charge is 0.508 e. The number of rotatable bonds is 1. The third-order valence-electron chi connectivity index (χ3n) is 4.39. The molecule has 0 spiro atoms. The van der Waals surface area contributed by atoms with Gasteiger partial charge in [-0.3, -0.25) is 0 Å². The van der Waals surface area contributed by atoms with Crippen LogP contribution in [0.1, 0.15) is 17.0 Å². The number of aromatic nitrogens is 2. The van der Waals surface area contributed by atoms with E-state index in [2.05, 4.69) is 20.9 Å². The summed E-state index contributed by atoms with van der Waals surface area (Å²) in [5.74, 6) is 0.304. The lowest BCUT2D eigenvalue weighted by molar-refractivity contribution is 0.476. The number of fused-ring (bicyclic) bond motifs is 2. The number of anilines is 1. The van der Waals surface area contributed by atoms with E-state index in [9.17, 15) is 5.11 Å². The van der Waals surface area contributed by atoms with Crippen LogP contribution in [0.25, 0.3) is 10.8 Å². The fourth-order valence-corrected chi connectivity index (χ4v) is 3.26. The van der Waals surface area contributed by atoms with Crippen LogP contribution in [0.15, 0.2) is 42.7 Å². The van der Waals surface area contributed by atoms with Gasteiger partial charge in [-0.2, -0.15) is 0 Å². The molecule has 0 saturated heterocycles. The first-order valence-electron chi connectivity index (χ1n) is 7.48. The van der Waals surface area contributed by atoms with E-state index >= 15 is 0 Å². The summed E-state index contributed by atoms with van der Waals surface area (Å²) >= 11 is 0. The van der Waals surface area contributed by atoms with Crippen molar-refractivity contribution in [3.8, 4) is 5.75 Å². The molecule has 0 amide bonds. The average molecular weight is 291 g/mol. The van der Waals surface area contributed by atoms with E-state index < -0.39 is 0 Å². The molecular weight excluding hydrogens is 274 g/mol. The van der Waals surface area contributed by atoms with E-state index in [-0.39, 0.29) is 0 Å². The molecule has 110 valence electrons. The summed E-state index contributed by atoms with van der Waals surface area (Å²) in [4.78, 5) is 11.0. The monoisotopic (exact) mass is 291 g/mol. The average Bonchev–Trinajstić information content (AvgIpc) is 2.54. The van der Waals surface area contributed by atoms with Crippen LogP contribution >= 0.6 is 0 Å². The third-order valence-corrected chi connectivity index (χ3v) is 4.39. The Morgan fingerprint density at radius 2 is 2.00 bits per heavy atom. The van der Waals surface area contributed by atoms with Gasteiger partial charge in [-0.1, -0.05) is 24.3 Å². The van der Waals surface area contributed by atoms with Crippen LogP contribution in [0.5, 0.6) is 5.75 Å². The minimum absolute atomic E-state index is 0.304. The zero-order chi connectivity index (χ0) is 15.1. The Morgan fingerprint density at radius 1 is 1.14 bits per heavy atom. The molecular formula is C18H17N3O. The second-order valence-electron chi connectivity index (χ2n) is 5.74. The minimum Gasteiger partial charge on any atom is -0.508 e. The summed E-state index contributed by atoms with van der Waals surface area (Å²) in [6, 6.07) is 11.8. The van der Waals surface area contributed by atoms with Gasteiger partial charge in [0.15, 0.2) is 0 Å². The van der Waals surface area contributed by atoms with Gasteiger partial charge in [0.1, 0.15) is 12.1 Å². The van der Waals surface area contributed by atoms with Crippen LogP contribution in [0.4, 0.5) is 5.69 Å². The van der Waals surface area contributed by atoms with Gasteiger partial charge in [0, 0.05) is 29.4 Å². The Balaban J connectivity index is 1.81. The van der Waals surface area contributed by atoms with Crippen molar-refractivity contribution in [2.75, 3.05) is 11.4 Å². The van der Waals surface area contributed by atoms with E-state index in [0.717, 1.165) is 47.4 Å². The van der Waals surface area contributed by atoms with Gasteiger partial charge in [-0.25, -0.2) is 9.97 Å². The number of phenolic OH excluding ortho intramolecular Hbond substituents is 1. The maximum absolute atomic E-state index is 10.0. The lowest BCUT2D eigenvalue weighted by Gasteiger charge is -2.31. The standard InChI is InChI=1S/C18H17N3O/c1-12-15-6-7-21(10-17(15)20-11-19-12)18-9-14(22)8-13-4-2-3-5-16(13)18/h2-5,8-9,11,22H,6-7,10H2,1H3. The Bertz CT molecular complexity index is 860. The number of benzene rings is 2. The number of phenols is 1. The smallest absolute Gasteiger partial charge is 0.118 e. The SMILES string of the molecule is Cc1ncnc2c1CCN(c1cc(O)cc3ccccc13)C2. The topological polar surface area (TPSA) is 49.2 Å². The zero-order valence-corrected chi connectivity index (χ0v) is 12.5. The maximum atomic E-state index is 10.0. The van der Waals surface area contributed by atoms with E-state index in [1.165, 1.54) is 5.56 Å². The van der Waals surface area contributed by atoms with E-state index in [4.69, 9.17) is 0 Å². The van der Waals surface area contributed by atoms with E-state index in [1.807, 2.05) is 37.3 Å². The molecule has 2 aromatic carbocycles. The molecule has 1 aliphatic rings. The van der Waals surface area contributed by atoms with Crippen molar-refractivity contribution in [3.05, 3.63) is 59.7 Å². The second-order valence-corrected chi connectivity index (χ2v) is 5.74.